The first-order chi connectivity index (χ1) is 13.9. The van der Waals surface area contributed by atoms with E-state index in [0.29, 0.717) is 5.56 Å². The lowest BCUT2D eigenvalue weighted by Crippen LogP contribution is -2.08. The van der Waals surface area contributed by atoms with Gasteiger partial charge in [-0.1, -0.05) is 35.0 Å². The zero-order valence-corrected chi connectivity index (χ0v) is 15.7. The molecule has 29 heavy (non-hydrogen) atoms. The van der Waals surface area contributed by atoms with Crippen LogP contribution in [0, 0.1) is 6.92 Å². The van der Waals surface area contributed by atoms with Crippen LogP contribution in [0.4, 0.5) is 8.78 Å². The van der Waals surface area contributed by atoms with Crippen LogP contribution in [0.25, 0.3) is 11.4 Å². The molecule has 0 amide bonds. The van der Waals surface area contributed by atoms with Crippen molar-refractivity contribution in [3.05, 3.63) is 59.5 Å². The minimum absolute atomic E-state index is 0.0960. The third-order valence-electron chi connectivity index (χ3n) is 3.93. The minimum atomic E-state index is -2.97. The Morgan fingerprint density at radius 1 is 1.14 bits per heavy atom. The van der Waals surface area contributed by atoms with Crippen molar-refractivity contribution in [1.29, 1.82) is 0 Å². The van der Waals surface area contributed by atoms with Gasteiger partial charge in [0.15, 0.2) is 18.1 Å². The third kappa shape index (κ3) is 5.50. The summed E-state index contributed by atoms with van der Waals surface area (Å²) in [6, 6.07) is 11.8. The van der Waals surface area contributed by atoms with Crippen molar-refractivity contribution in [1.82, 2.24) is 10.1 Å². The fraction of sp³-hybridized carbons (Fsp3) is 0.250. The standard InChI is InChI=1S/C20H18F2N2O5/c1-12-3-5-13(6-4-12)9-18(25)27-11-17-23-19(24-29-17)14-7-8-15(28-20(21)22)16(10-14)26-2/h3-8,10,20H,9,11H2,1-2H3. The number of methoxy groups -OCH3 is 1. The molecule has 0 N–H and O–H groups in total. The normalized spacial score (nSPS) is 10.8. The van der Waals surface area contributed by atoms with Gasteiger partial charge in [-0.05, 0) is 30.7 Å². The van der Waals surface area contributed by atoms with Crippen molar-refractivity contribution in [2.24, 2.45) is 0 Å². The van der Waals surface area contributed by atoms with Crippen LogP contribution in [0.1, 0.15) is 17.0 Å². The van der Waals surface area contributed by atoms with Gasteiger partial charge >= 0.3 is 12.6 Å². The molecule has 0 aliphatic rings. The molecule has 7 nitrogen and oxygen atoms in total. The van der Waals surface area contributed by atoms with Gasteiger partial charge in [-0.15, -0.1) is 0 Å². The molecule has 0 bridgehead atoms. The molecule has 2 aromatic carbocycles. The number of rotatable bonds is 8. The van der Waals surface area contributed by atoms with Crippen LogP contribution in [0.2, 0.25) is 0 Å². The van der Waals surface area contributed by atoms with Crippen molar-refractivity contribution >= 4 is 5.97 Å². The molecule has 3 aromatic rings. The van der Waals surface area contributed by atoms with E-state index in [9.17, 15) is 13.6 Å². The van der Waals surface area contributed by atoms with Gasteiger partial charge in [-0.3, -0.25) is 4.79 Å². The second kappa shape index (κ2) is 9.13. The molecule has 0 aliphatic heterocycles. The number of benzene rings is 2. The summed E-state index contributed by atoms with van der Waals surface area (Å²) in [6.07, 6.45) is 0.129. The highest BCUT2D eigenvalue weighted by Crippen LogP contribution is 2.32. The monoisotopic (exact) mass is 404 g/mol. The maximum absolute atomic E-state index is 12.4. The largest absolute Gasteiger partial charge is 0.493 e. The molecule has 1 aromatic heterocycles. The van der Waals surface area contributed by atoms with Gasteiger partial charge in [-0.25, -0.2) is 0 Å². The maximum atomic E-state index is 12.4. The Balaban J connectivity index is 1.61. The van der Waals surface area contributed by atoms with E-state index in [1.54, 1.807) is 0 Å². The molecule has 0 radical (unpaired) electrons. The van der Waals surface area contributed by atoms with Gasteiger partial charge in [0.25, 0.3) is 5.89 Å². The van der Waals surface area contributed by atoms with Gasteiger partial charge in [-0.2, -0.15) is 13.8 Å². The fourth-order valence-electron chi connectivity index (χ4n) is 2.50. The van der Waals surface area contributed by atoms with E-state index < -0.39 is 12.6 Å². The summed E-state index contributed by atoms with van der Waals surface area (Å²) in [7, 11) is 1.33. The number of esters is 1. The van der Waals surface area contributed by atoms with Crippen LogP contribution in [0.15, 0.2) is 47.0 Å². The van der Waals surface area contributed by atoms with Gasteiger partial charge in [0.1, 0.15) is 0 Å². The molecular weight excluding hydrogens is 386 g/mol. The number of carbonyl (C=O) groups is 1. The molecule has 0 atom stereocenters. The molecule has 3 rings (SSSR count). The first-order valence-electron chi connectivity index (χ1n) is 8.61. The molecule has 0 fully saturated rings. The molecule has 0 saturated heterocycles. The smallest absolute Gasteiger partial charge is 0.387 e. The number of ether oxygens (including phenoxy) is 3. The Kier molecular flexibility index (Phi) is 6.38. The number of carbonyl (C=O) groups excluding carboxylic acids is 1. The highest BCUT2D eigenvalue weighted by Gasteiger charge is 2.16. The maximum Gasteiger partial charge on any atom is 0.387 e. The molecule has 0 spiro atoms. The summed E-state index contributed by atoms with van der Waals surface area (Å²) in [5.74, 6) is -0.150. The van der Waals surface area contributed by atoms with Gasteiger partial charge in [0.05, 0.1) is 13.5 Å². The highest BCUT2D eigenvalue weighted by molar-refractivity contribution is 5.72. The van der Waals surface area contributed by atoms with E-state index in [1.807, 2.05) is 31.2 Å². The fourth-order valence-corrected chi connectivity index (χ4v) is 2.50. The molecule has 0 aliphatic carbocycles. The summed E-state index contributed by atoms with van der Waals surface area (Å²) in [5, 5.41) is 3.80. The first-order valence-corrected chi connectivity index (χ1v) is 8.61. The van der Waals surface area contributed by atoms with Crippen LogP contribution < -0.4 is 9.47 Å². The Morgan fingerprint density at radius 3 is 2.59 bits per heavy atom. The predicted molar refractivity (Wildman–Crippen MR) is 97.6 cm³/mol. The molecular formula is C20H18F2N2O5. The van der Waals surface area contributed by atoms with Crippen molar-refractivity contribution in [3.8, 4) is 22.9 Å². The van der Waals surface area contributed by atoms with Crippen LogP contribution in [0.3, 0.4) is 0 Å². The lowest BCUT2D eigenvalue weighted by molar-refractivity contribution is -0.144. The van der Waals surface area contributed by atoms with E-state index in [2.05, 4.69) is 14.9 Å². The van der Waals surface area contributed by atoms with E-state index in [-0.39, 0.29) is 36.2 Å². The minimum Gasteiger partial charge on any atom is -0.493 e. The average Bonchev–Trinajstić information content (AvgIpc) is 3.17. The lowest BCUT2D eigenvalue weighted by Gasteiger charge is -2.10. The van der Waals surface area contributed by atoms with Crippen LogP contribution in [-0.4, -0.2) is 29.8 Å². The molecule has 0 saturated carbocycles. The van der Waals surface area contributed by atoms with E-state index in [0.717, 1.165) is 11.1 Å². The summed E-state index contributed by atoms with van der Waals surface area (Å²) in [4.78, 5) is 16.1. The topological polar surface area (TPSA) is 83.7 Å². The number of hydrogen-bond donors (Lipinski definition) is 0. The number of aromatic nitrogens is 2. The lowest BCUT2D eigenvalue weighted by atomic mass is 10.1. The van der Waals surface area contributed by atoms with Crippen molar-refractivity contribution in [2.45, 2.75) is 26.6 Å². The average molecular weight is 404 g/mol. The zero-order valence-electron chi connectivity index (χ0n) is 15.7. The SMILES string of the molecule is COc1cc(-c2noc(COC(=O)Cc3ccc(C)cc3)n2)ccc1OC(F)F. The number of alkyl halides is 2. The van der Waals surface area contributed by atoms with Crippen molar-refractivity contribution in [3.63, 3.8) is 0 Å². The summed E-state index contributed by atoms with van der Waals surface area (Å²) in [6.45, 7) is -1.19. The van der Waals surface area contributed by atoms with Crippen molar-refractivity contribution in [2.75, 3.05) is 7.11 Å². The Bertz CT molecular complexity index is 973. The predicted octanol–water partition coefficient (Wildman–Crippen LogP) is 3.94. The molecule has 0 unspecified atom stereocenters. The summed E-state index contributed by atoms with van der Waals surface area (Å²) >= 11 is 0. The molecule has 152 valence electrons. The second-order valence-electron chi connectivity index (χ2n) is 6.08. The van der Waals surface area contributed by atoms with Gasteiger partial charge < -0.3 is 18.7 Å². The quantitative estimate of drug-likeness (QED) is 0.526. The Morgan fingerprint density at radius 2 is 1.90 bits per heavy atom. The van der Waals surface area contributed by atoms with E-state index in [1.165, 1.54) is 25.3 Å². The Hall–Kier alpha value is -3.49. The van der Waals surface area contributed by atoms with Gasteiger partial charge in [0.2, 0.25) is 5.82 Å². The second-order valence-corrected chi connectivity index (χ2v) is 6.08. The van der Waals surface area contributed by atoms with E-state index >= 15 is 0 Å². The number of halogens is 2. The molecule has 1 heterocycles. The summed E-state index contributed by atoms with van der Waals surface area (Å²) in [5.41, 5.74) is 2.40. The highest BCUT2D eigenvalue weighted by atomic mass is 19.3. The number of aryl methyl sites for hydroxylation is 1. The van der Waals surface area contributed by atoms with Gasteiger partial charge in [0, 0.05) is 5.56 Å². The third-order valence-corrected chi connectivity index (χ3v) is 3.93. The molecule has 9 heteroatoms. The van der Waals surface area contributed by atoms with Crippen molar-refractivity contribution < 1.29 is 32.3 Å². The number of hydrogen-bond acceptors (Lipinski definition) is 7. The Labute approximate surface area is 165 Å². The van der Waals surface area contributed by atoms with Crippen LogP contribution in [-0.2, 0) is 22.6 Å². The number of nitrogens with zero attached hydrogens (tertiary/aromatic N) is 2. The van der Waals surface area contributed by atoms with Crippen LogP contribution >= 0.6 is 0 Å². The zero-order chi connectivity index (χ0) is 20.8. The van der Waals surface area contributed by atoms with E-state index in [4.69, 9.17) is 14.0 Å². The first kappa shape index (κ1) is 20.2. The van der Waals surface area contributed by atoms with Crippen LogP contribution in [0.5, 0.6) is 11.5 Å². The summed E-state index contributed by atoms with van der Waals surface area (Å²) < 4.78 is 44.5.